The third-order valence-electron chi connectivity index (χ3n) is 1.40. The molecule has 0 N–H and O–H groups in total. The van der Waals surface area contributed by atoms with Gasteiger partial charge in [-0.05, 0) is 0 Å². The Hall–Kier alpha value is -1.78. The molecule has 5 heteroatoms. The Labute approximate surface area is 75.4 Å². The highest BCUT2D eigenvalue weighted by Crippen LogP contribution is 1.94. The van der Waals surface area contributed by atoms with Gasteiger partial charge in [-0.1, -0.05) is 0 Å². The SMILES string of the molecule is CN(C)C(=O)C(=O)c1cnccn1. The van der Waals surface area contributed by atoms with E-state index in [1.165, 1.54) is 37.6 Å². The molecule has 1 aromatic heterocycles. The first-order valence-corrected chi connectivity index (χ1v) is 3.65. The van der Waals surface area contributed by atoms with E-state index in [1.54, 1.807) is 0 Å². The van der Waals surface area contributed by atoms with Gasteiger partial charge in [-0.2, -0.15) is 0 Å². The van der Waals surface area contributed by atoms with Crippen LogP contribution >= 0.6 is 0 Å². The minimum Gasteiger partial charge on any atom is -0.342 e. The molecule has 0 radical (unpaired) electrons. The van der Waals surface area contributed by atoms with Gasteiger partial charge in [0.25, 0.3) is 11.7 Å². The molecule has 0 aliphatic carbocycles. The van der Waals surface area contributed by atoms with E-state index >= 15 is 0 Å². The van der Waals surface area contributed by atoms with E-state index in [9.17, 15) is 9.59 Å². The lowest BCUT2D eigenvalue weighted by Gasteiger charge is -2.07. The van der Waals surface area contributed by atoms with Crippen LogP contribution in [0.1, 0.15) is 10.5 Å². The molecule has 0 bridgehead atoms. The van der Waals surface area contributed by atoms with Gasteiger partial charge < -0.3 is 4.90 Å². The van der Waals surface area contributed by atoms with Gasteiger partial charge in [0.1, 0.15) is 5.69 Å². The minimum atomic E-state index is -0.641. The summed E-state index contributed by atoms with van der Waals surface area (Å²) in [6, 6.07) is 0. The number of Topliss-reactive ketones (excluding diaryl/α,β-unsaturated/α-hetero) is 1. The molecular formula is C8H9N3O2. The molecule has 5 nitrogen and oxygen atoms in total. The van der Waals surface area contributed by atoms with Crippen LogP contribution in [0.15, 0.2) is 18.6 Å². The van der Waals surface area contributed by atoms with Crippen molar-refractivity contribution in [3.05, 3.63) is 24.3 Å². The van der Waals surface area contributed by atoms with Gasteiger partial charge in [0.2, 0.25) is 0 Å². The first kappa shape index (κ1) is 9.31. The number of carbonyl (C=O) groups is 2. The second-order valence-electron chi connectivity index (χ2n) is 2.62. The molecule has 1 amide bonds. The minimum absolute atomic E-state index is 0.0706. The molecular weight excluding hydrogens is 170 g/mol. The fourth-order valence-corrected chi connectivity index (χ4v) is 0.729. The lowest BCUT2D eigenvalue weighted by atomic mass is 10.3. The van der Waals surface area contributed by atoms with Crippen molar-refractivity contribution in [2.24, 2.45) is 0 Å². The largest absolute Gasteiger partial charge is 0.342 e. The van der Waals surface area contributed by atoms with Gasteiger partial charge in [-0.25, -0.2) is 4.98 Å². The van der Waals surface area contributed by atoms with E-state index < -0.39 is 11.7 Å². The zero-order valence-electron chi connectivity index (χ0n) is 7.39. The standard InChI is InChI=1S/C8H9N3O2/c1-11(2)8(13)7(12)6-5-9-3-4-10-6/h3-5H,1-2H3. The van der Waals surface area contributed by atoms with Crippen LogP contribution in [0, 0.1) is 0 Å². The van der Waals surface area contributed by atoms with E-state index in [0.717, 1.165) is 0 Å². The molecule has 0 unspecified atom stereocenters. The van der Waals surface area contributed by atoms with E-state index in [-0.39, 0.29) is 5.69 Å². The number of ketones is 1. The van der Waals surface area contributed by atoms with Crippen LogP contribution in [-0.2, 0) is 4.79 Å². The third kappa shape index (κ3) is 2.08. The second kappa shape index (κ2) is 3.75. The highest BCUT2D eigenvalue weighted by Gasteiger charge is 2.18. The number of rotatable bonds is 2. The van der Waals surface area contributed by atoms with Gasteiger partial charge in [-0.3, -0.25) is 14.6 Å². The maximum absolute atomic E-state index is 11.3. The summed E-state index contributed by atoms with van der Waals surface area (Å²) in [6.45, 7) is 0. The molecule has 0 saturated carbocycles. The Morgan fingerprint density at radius 1 is 1.31 bits per heavy atom. The van der Waals surface area contributed by atoms with Crippen molar-refractivity contribution in [2.45, 2.75) is 0 Å². The zero-order chi connectivity index (χ0) is 9.84. The number of hydrogen-bond acceptors (Lipinski definition) is 4. The maximum Gasteiger partial charge on any atom is 0.296 e. The summed E-state index contributed by atoms with van der Waals surface area (Å²) >= 11 is 0. The Morgan fingerprint density at radius 2 is 2.00 bits per heavy atom. The molecule has 0 atom stereocenters. The smallest absolute Gasteiger partial charge is 0.296 e. The van der Waals surface area contributed by atoms with E-state index in [0.29, 0.717) is 0 Å². The van der Waals surface area contributed by atoms with Crippen molar-refractivity contribution in [3.8, 4) is 0 Å². The summed E-state index contributed by atoms with van der Waals surface area (Å²) in [5, 5.41) is 0. The molecule has 0 fully saturated rings. The lowest BCUT2D eigenvalue weighted by molar-refractivity contribution is -0.124. The predicted molar refractivity (Wildman–Crippen MR) is 45.1 cm³/mol. The number of hydrogen-bond donors (Lipinski definition) is 0. The molecule has 0 aliphatic rings. The van der Waals surface area contributed by atoms with E-state index in [4.69, 9.17) is 0 Å². The molecule has 1 rings (SSSR count). The summed E-state index contributed by atoms with van der Waals surface area (Å²) in [6.07, 6.45) is 4.08. The van der Waals surface area contributed by atoms with Crippen molar-refractivity contribution in [1.82, 2.24) is 14.9 Å². The molecule has 0 aliphatic heterocycles. The van der Waals surface area contributed by atoms with Gasteiger partial charge >= 0.3 is 0 Å². The van der Waals surface area contributed by atoms with Crippen molar-refractivity contribution < 1.29 is 9.59 Å². The van der Waals surface area contributed by atoms with Crippen LogP contribution in [0.5, 0.6) is 0 Å². The molecule has 0 spiro atoms. The number of nitrogens with zero attached hydrogens (tertiary/aromatic N) is 3. The molecule has 13 heavy (non-hydrogen) atoms. The lowest BCUT2D eigenvalue weighted by Crippen LogP contribution is -2.30. The number of carbonyl (C=O) groups excluding carboxylic acids is 2. The zero-order valence-corrected chi connectivity index (χ0v) is 7.39. The average molecular weight is 179 g/mol. The second-order valence-corrected chi connectivity index (χ2v) is 2.62. The van der Waals surface area contributed by atoms with Crippen molar-refractivity contribution in [2.75, 3.05) is 14.1 Å². The highest BCUT2D eigenvalue weighted by atomic mass is 16.2. The Bertz CT molecular complexity index is 321. The third-order valence-corrected chi connectivity index (χ3v) is 1.40. The van der Waals surface area contributed by atoms with Crippen LogP contribution in [0.4, 0.5) is 0 Å². The first-order chi connectivity index (χ1) is 6.13. The van der Waals surface area contributed by atoms with E-state index in [2.05, 4.69) is 9.97 Å². The molecule has 0 aromatic carbocycles. The van der Waals surface area contributed by atoms with Crippen molar-refractivity contribution in [1.29, 1.82) is 0 Å². The van der Waals surface area contributed by atoms with E-state index in [1.807, 2.05) is 0 Å². The molecule has 0 saturated heterocycles. The quantitative estimate of drug-likeness (QED) is 0.464. The van der Waals surface area contributed by atoms with Crippen LogP contribution < -0.4 is 0 Å². The normalized spacial score (nSPS) is 9.38. The average Bonchev–Trinajstić information content (AvgIpc) is 2.17. The topological polar surface area (TPSA) is 63.2 Å². The molecule has 1 heterocycles. The van der Waals surface area contributed by atoms with Crippen LogP contribution in [-0.4, -0.2) is 40.7 Å². The van der Waals surface area contributed by atoms with Crippen LogP contribution in [0.3, 0.4) is 0 Å². The van der Waals surface area contributed by atoms with Gasteiger partial charge in [0.15, 0.2) is 0 Å². The maximum atomic E-state index is 11.3. The fourth-order valence-electron chi connectivity index (χ4n) is 0.729. The predicted octanol–water partition coefficient (Wildman–Crippen LogP) is -0.253. The van der Waals surface area contributed by atoms with Crippen molar-refractivity contribution in [3.63, 3.8) is 0 Å². The van der Waals surface area contributed by atoms with Crippen LogP contribution in [0.25, 0.3) is 0 Å². The molecule has 1 aromatic rings. The summed E-state index contributed by atoms with van der Waals surface area (Å²) < 4.78 is 0. The summed E-state index contributed by atoms with van der Waals surface area (Å²) in [4.78, 5) is 31.1. The number of amides is 1. The number of aromatic nitrogens is 2. The fraction of sp³-hybridized carbons (Fsp3) is 0.250. The monoisotopic (exact) mass is 179 g/mol. The highest BCUT2D eigenvalue weighted by molar-refractivity contribution is 6.42. The Kier molecular flexibility index (Phi) is 2.69. The van der Waals surface area contributed by atoms with Gasteiger partial charge in [-0.15, -0.1) is 0 Å². The van der Waals surface area contributed by atoms with Crippen LogP contribution in [0.2, 0.25) is 0 Å². The summed E-state index contributed by atoms with van der Waals surface area (Å²) in [7, 11) is 3.02. The molecule has 68 valence electrons. The summed E-state index contributed by atoms with van der Waals surface area (Å²) in [5.74, 6) is -1.24. The first-order valence-electron chi connectivity index (χ1n) is 3.65. The Balaban J connectivity index is 2.87. The number of likely N-dealkylation sites (N-methyl/N-ethyl adjacent to an activating group) is 1. The van der Waals surface area contributed by atoms with Crippen molar-refractivity contribution >= 4 is 11.7 Å². The Morgan fingerprint density at radius 3 is 2.46 bits per heavy atom. The van der Waals surface area contributed by atoms with Gasteiger partial charge in [0.05, 0.1) is 6.20 Å². The van der Waals surface area contributed by atoms with Gasteiger partial charge in [0, 0.05) is 26.5 Å². The summed E-state index contributed by atoms with van der Waals surface area (Å²) in [5.41, 5.74) is 0.0706.